The van der Waals surface area contributed by atoms with Crippen molar-refractivity contribution in [2.75, 3.05) is 18.8 Å². The van der Waals surface area contributed by atoms with Gasteiger partial charge in [-0.05, 0) is 37.1 Å². The van der Waals surface area contributed by atoms with Gasteiger partial charge in [0.1, 0.15) is 0 Å². The second-order valence-electron chi connectivity index (χ2n) is 4.97. The van der Waals surface area contributed by atoms with Crippen LogP contribution >= 0.6 is 11.6 Å². The van der Waals surface area contributed by atoms with E-state index in [0.29, 0.717) is 30.2 Å². The smallest absolute Gasteiger partial charge is 0.393 e. The van der Waals surface area contributed by atoms with E-state index in [1.165, 1.54) is 0 Å². The summed E-state index contributed by atoms with van der Waals surface area (Å²) in [6, 6.07) is 5.20. The maximum Gasteiger partial charge on any atom is 0.393 e. The quantitative estimate of drug-likeness (QED) is 0.842. The van der Waals surface area contributed by atoms with Gasteiger partial charge in [-0.15, -0.1) is 0 Å². The van der Waals surface area contributed by atoms with Crippen molar-refractivity contribution in [2.45, 2.75) is 25.6 Å². The second kappa shape index (κ2) is 5.59. The van der Waals surface area contributed by atoms with Crippen molar-refractivity contribution in [1.29, 1.82) is 0 Å². The fourth-order valence-electron chi connectivity index (χ4n) is 2.39. The van der Waals surface area contributed by atoms with E-state index in [-0.39, 0.29) is 13.0 Å². The molecule has 1 saturated heterocycles. The zero-order valence-electron chi connectivity index (χ0n) is 10.4. The van der Waals surface area contributed by atoms with Gasteiger partial charge in [-0.2, -0.15) is 13.2 Å². The van der Waals surface area contributed by atoms with Crippen molar-refractivity contribution in [3.05, 3.63) is 28.8 Å². The third-order valence-corrected chi connectivity index (χ3v) is 3.77. The molecule has 1 unspecified atom stereocenters. The van der Waals surface area contributed by atoms with Gasteiger partial charge in [-0.1, -0.05) is 17.7 Å². The highest BCUT2D eigenvalue weighted by molar-refractivity contribution is 6.33. The molecule has 0 aliphatic carbocycles. The molecular formula is C13H16ClF3N2. The van der Waals surface area contributed by atoms with Gasteiger partial charge in [0.05, 0.1) is 16.6 Å². The monoisotopic (exact) mass is 292 g/mol. The molecule has 0 bridgehead atoms. The first-order valence-corrected chi connectivity index (χ1v) is 6.57. The van der Waals surface area contributed by atoms with Gasteiger partial charge >= 0.3 is 6.18 Å². The highest BCUT2D eigenvalue weighted by Crippen LogP contribution is 2.33. The summed E-state index contributed by atoms with van der Waals surface area (Å²) in [6.07, 6.45) is -3.30. The van der Waals surface area contributed by atoms with Crippen LogP contribution in [0.2, 0.25) is 5.02 Å². The first kappa shape index (κ1) is 14.5. The largest absolute Gasteiger partial charge is 0.398 e. The van der Waals surface area contributed by atoms with E-state index in [9.17, 15) is 13.2 Å². The lowest BCUT2D eigenvalue weighted by Gasteiger charge is -2.33. The molecule has 1 aliphatic heterocycles. The molecule has 19 heavy (non-hydrogen) atoms. The molecule has 0 aromatic heterocycles. The summed E-state index contributed by atoms with van der Waals surface area (Å²) in [6.45, 7) is 1.23. The maximum absolute atomic E-state index is 12.7. The average molecular weight is 293 g/mol. The van der Waals surface area contributed by atoms with E-state index in [4.69, 9.17) is 17.3 Å². The summed E-state index contributed by atoms with van der Waals surface area (Å²) in [5.74, 6) is -1.22. The number of nitrogens with zero attached hydrogens (tertiary/aromatic N) is 1. The zero-order chi connectivity index (χ0) is 14.0. The molecule has 2 rings (SSSR count). The molecule has 1 aromatic carbocycles. The molecule has 106 valence electrons. The normalized spacial score (nSPS) is 21.6. The molecule has 0 amide bonds. The number of piperidine rings is 1. The number of halogens is 4. The number of nitrogens with two attached hydrogens (primary N) is 1. The molecule has 1 aromatic rings. The Morgan fingerprint density at radius 3 is 2.74 bits per heavy atom. The van der Waals surface area contributed by atoms with Crippen LogP contribution in [0, 0.1) is 5.92 Å². The van der Waals surface area contributed by atoms with Gasteiger partial charge in [0, 0.05) is 13.1 Å². The van der Waals surface area contributed by atoms with Crippen molar-refractivity contribution in [3.63, 3.8) is 0 Å². The van der Waals surface area contributed by atoms with Gasteiger partial charge in [0.25, 0.3) is 0 Å². The van der Waals surface area contributed by atoms with Crippen LogP contribution in [0.1, 0.15) is 18.4 Å². The Bertz CT molecular complexity index is 448. The van der Waals surface area contributed by atoms with Gasteiger partial charge < -0.3 is 5.73 Å². The summed E-state index contributed by atoms with van der Waals surface area (Å²) in [5.41, 5.74) is 6.98. The number of hydrogen-bond donors (Lipinski definition) is 1. The van der Waals surface area contributed by atoms with Gasteiger partial charge in [0.15, 0.2) is 0 Å². The lowest BCUT2D eigenvalue weighted by Crippen LogP contribution is -2.41. The predicted octanol–water partition coefficient (Wildman–Crippen LogP) is 3.70. The van der Waals surface area contributed by atoms with Crippen molar-refractivity contribution in [2.24, 2.45) is 5.92 Å². The Hall–Kier alpha value is -0.940. The SMILES string of the molecule is Nc1ccc(CN2CCCC(C(F)(F)F)C2)cc1Cl. The van der Waals surface area contributed by atoms with Gasteiger partial charge in [-0.3, -0.25) is 4.90 Å². The minimum absolute atomic E-state index is 0.0610. The fraction of sp³-hybridized carbons (Fsp3) is 0.538. The van der Waals surface area contributed by atoms with Crippen molar-refractivity contribution in [3.8, 4) is 0 Å². The van der Waals surface area contributed by atoms with Crippen LogP contribution in [0.4, 0.5) is 18.9 Å². The first-order chi connectivity index (χ1) is 8.86. The third kappa shape index (κ3) is 3.76. The Morgan fingerprint density at radius 2 is 2.11 bits per heavy atom. The number of benzene rings is 1. The van der Waals surface area contributed by atoms with E-state index < -0.39 is 12.1 Å². The summed E-state index contributed by atoms with van der Waals surface area (Å²) in [7, 11) is 0. The van der Waals surface area contributed by atoms with E-state index in [2.05, 4.69) is 0 Å². The molecule has 1 heterocycles. The Kier molecular flexibility index (Phi) is 4.26. The lowest BCUT2D eigenvalue weighted by molar-refractivity contribution is -0.187. The van der Waals surface area contributed by atoms with Crippen LogP contribution < -0.4 is 5.73 Å². The summed E-state index contributed by atoms with van der Waals surface area (Å²) >= 11 is 5.91. The van der Waals surface area contributed by atoms with Crippen molar-refractivity contribution >= 4 is 17.3 Å². The molecular weight excluding hydrogens is 277 g/mol. The number of hydrogen-bond acceptors (Lipinski definition) is 2. The van der Waals surface area contributed by atoms with Gasteiger partial charge in [0.2, 0.25) is 0 Å². The number of rotatable bonds is 2. The zero-order valence-corrected chi connectivity index (χ0v) is 11.1. The van der Waals surface area contributed by atoms with Crippen LogP contribution in [0.15, 0.2) is 18.2 Å². The van der Waals surface area contributed by atoms with Crippen molar-refractivity contribution < 1.29 is 13.2 Å². The predicted molar refractivity (Wildman–Crippen MR) is 69.9 cm³/mol. The minimum atomic E-state index is -4.10. The minimum Gasteiger partial charge on any atom is -0.398 e. The summed E-state index contributed by atoms with van der Waals surface area (Å²) < 4.78 is 38.1. The highest BCUT2D eigenvalue weighted by Gasteiger charge is 2.41. The standard InChI is InChI=1S/C13H16ClF3N2/c14-11-6-9(3-4-12(11)18)7-19-5-1-2-10(8-19)13(15,16)17/h3-4,6,10H,1-2,5,7-8,18H2. The maximum atomic E-state index is 12.7. The second-order valence-corrected chi connectivity index (χ2v) is 5.38. The van der Waals surface area contributed by atoms with E-state index in [1.807, 2.05) is 4.90 Å². The topological polar surface area (TPSA) is 29.3 Å². The Balaban J connectivity index is 2.00. The van der Waals surface area contributed by atoms with Crippen LogP contribution in [-0.4, -0.2) is 24.2 Å². The molecule has 1 aliphatic rings. The number of likely N-dealkylation sites (tertiary alicyclic amines) is 1. The third-order valence-electron chi connectivity index (χ3n) is 3.44. The van der Waals surface area contributed by atoms with Crippen LogP contribution in [0.25, 0.3) is 0 Å². The first-order valence-electron chi connectivity index (χ1n) is 6.19. The molecule has 0 radical (unpaired) electrons. The number of anilines is 1. The summed E-state index contributed by atoms with van der Waals surface area (Å²) in [5, 5.41) is 0.446. The Morgan fingerprint density at radius 1 is 1.37 bits per heavy atom. The van der Waals surface area contributed by atoms with Crippen molar-refractivity contribution in [1.82, 2.24) is 4.90 Å². The van der Waals surface area contributed by atoms with Crippen LogP contribution in [0.5, 0.6) is 0 Å². The molecule has 1 atom stereocenters. The molecule has 0 spiro atoms. The number of alkyl halides is 3. The highest BCUT2D eigenvalue weighted by atomic mass is 35.5. The average Bonchev–Trinajstić information content (AvgIpc) is 2.33. The lowest BCUT2D eigenvalue weighted by atomic mass is 9.97. The molecule has 0 saturated carbocycles. The van der Waals surface area contributed by atoms with Gasteiger partial charge in [-0.25, -0.2) is 0 Å². The van der Waals surface area contributed by atoms with E-state index >= 15 is 0 Å². The summed E-state index contributed by atoms with van der Waals surface area (Å²) in [4.78, 5) is 1.82. The molecule has 1 fully saturated rings. The molecule has 2 N–H and O–H groups in total. The van der Waals surface area contributed by atoms with E-state index in [1.54, 1.807) is 18.2 Å². The molecule has 6 heteroatoms. The fourth-order valence-corrected chi connectivity index (χ4v) is 2.60. The Labute approximate surface area is 115 Å². The van der Waals surface area contributed by atoms with Crippen LogP contribution in [-0.2, 0) is 6.54 Å². The number of nitrogen functional groups attached to an aromatic ring is 1. The van der Waals surface area contributed by atoms with E-state index in [0.717, 1.165) is 5.56 Å². The van der Waals surface area contributed by atoms with Crippen LogP contribution in [0.3, 0.4) is 0 Å². The molecule has 2 nitrogen and oxygen atoms in total.